The van der Waals surface area contributed by atoms with E-state index in [9.17, 15) is 13.2 Å². The Bertz CT molecular complexity index is 687. The molecule has 1 N–H and O–H groups in total. The van der Waals surface area contributed by atoms with Crippen LogP contribution in [0, 0.1) is 11.3 Å². The summed E-state index contributed by atoms with van der Waals surface area (Å²) in [5.74, 6) is 0.157. The van der Waals surface area contributed by atoms with Gasteiger partial charge < -0.3 is 5.32 Å². The number of halogens is 3. The summed E-state index contributed by atoms with van der Waals surface area (Å²) in [5.41, 5.74) is 0.250. The van der Waals surface area contributed by atoms with Gasteiger partial charge in [-0.3, -0.25) is 0 Å². The van der Waals surface area contributed by atoms with Crippen LogP contribution in [0.25, 0.3) is 11.3 Å². The van der Waals surface area contributed by atoms with Crippen LogP contribution >= 0.6 is 0 Å². The molecule has 1 heterocycles. The van der Waals surface area contributed by atoms with E-state index >= 15 is 0 Å². The van der Waals surface area contributed by atoms with E-state index in [0.29, 0.717) is 17.7 Å². The van der Waals surface area contributed by atoms with Crippen molar-refractivity contribution in [2.24, 2.45) is 0 Å². The Balaban J connectivity index is 2.56. The van der Waals surface area contributed by atoms with Crippen molar-refractivity contribution in [1.82, 2.24) is 4.98 Å². The molecule has 0 saturated carbocycles. The third-order valence-electron chi connectivity index (χ3n) is 2.80. The van der Waals surface area contributed by atoms with Crippen LogP contribution in [0.1, 0.15) is 18.1 Å². The minimum Gasteiger partial charge on any atom is -0.370 e. The Morgan fingerprint density at radius 3 is 2.62 bits per heavy atom. The average Bonchev–Trinajstić information content (AvgIpc) is 2.46. The van der Waals surface area contributed by atoms with Crippen molar-refractivity contribution in [1.29, 1.82) is 5.26 Å². The van der Waals surface area contributed by atoms with E-state index in [0.717, 1.165) is 12.1 Å². The molecule has 1 aromatic carbocycles. The van der Waals surface area contributed by atoms with Gasteiger partial charge >= 0.3 is 6.18 Å². The molecule has 0 radical (unpaired) electrons. The van der Waals surface area contributed by atoms with Gasteiger partial charge in [0.15, 0.2) is 0 Å². The predicted molar refractivity (Wildman–Crippen MR) is 73.6 cm³/mol. The number of anilines is 1. The van der Waals surface area contributed by atoms with Crippen molar-refractivity contribution >= 4 is 5.82 Å². The number of benzene rings is 1. The van der Waals surface area contributed by atoms with Crippen molar-refractivity contribution in [3.63, 3.8) is 0 Å². The monoisotopic (exact) mass is 291 g/mol. The highest BCUT2D eigenvalue weighted by molar-refractivity contribution is 5.64. The normalized spacial score (nSPS) is 11.0. The molecule has 2 aromatic rings. The SMILES string of the molecule is CCNc1cc(C(F)(F)F)cc(-c2cccc(C#N)c2)n1. The summed E-state index contributed by atoms with van der Waals surface area (Å²) in [5, 5.41) is 11.7. The number of hydrogen-bond acceptors (Lipinski definition) is 3. The lowest BCUT2D eigenvalue weighted by Gasteiger charge is -2.12. The first-order valence-electron chi connectivity index (χ1n) is 6.27. The second-order valence-corrected chi connectivity index (χ2v) is 4.35. The first-order valence-corrected chi connectivity index (χ1v) is 6.27. The third kappa shape index (κ3) is 3.51. The molecule has 3 nitrogen and oxygen atoms in total. The predicted octanol–water partition coefficient (Wildman–Crippen LogP) is 4.07. The molecule has 108 valence electrons. The Labute approximate surface area is 120 Å². The van der Waals surface area contributed by atoms with E-state index in [-0.39, 0.29) is 11.5 Å². The number of pyridine rings is 1. The zero-order valence-electron chi connectivity index (χ0n) is 11.2. The van der Waals surface area contributed by atoms with Crippen LogP contribution in [0.15, 0.2) is 36.4 Å². The van der Waals surface area contributed by atoms with Gasteiger partial charge in [0.25, 0.3) is 0 Å². The second kappa shape index (κ2) is 5.83. The van der Waals surface area contributed by atoms with Gasteiger partial charge in [-0.25, -0.2) is 4.98 Å². The molecule has 1 aromatic heterocycles. The van der Waals surface area contributed by atoms with E-state index in [1.807, 2.05) is 6.07 Å². The van der Waals surface area contributed by atoms with Crippen molar-refractivity contribution in [2.45, 2.75) is 13.1 Å². The Morgan fingerprint density at radius 1 is 1.24 bits per heavy atom. The molecule has 0 spiro atoms. The average molecular weight is 291 g/mol. The van der Waals surface area contributed by atoms with Crippen molar-refractivity contribution in [3.05, 3.63) is 47.5 Å². The Morgan fingerprint density at radius 2 is 2.00 bits per heavy atom. The molecule has 0 amide bonds. The van der Waals surface area contributed by atoms with Crippen molar-refractivity contribution in [3.8, 4) is 17.3 Å². The fourth-order valence-corrected chi connectivity index (χ4v) is 1.86. The molecule has 0 atom stereocenters. The van der Waals surface area contributed by atoms with Crippen molar-refractivity contribution < 1.29 is 13.2 Å². The first kappa shape index (κ1) is 14.9. The first-order chi connectivity index (χ1) is 9.94. The summed E-state index contributed by atoms with van der Waals surface area (Å²) in [6.45, 7) is 2.24. The van der Waals surface area contributed by atoms with Gasteiger partial charge in [0.05, 0.1) is 22.9 Å². The molecule has 0 fully saturated rings. The van der Waals surface area contributed by atoms with E-state index in [1.54, 1.807) is 25.1 Å². The maximum atomic E-state index is 12.9. The maximum absolute atomic E-state index is 12.9. The van der Waals surface area contributed by atoms with Gasteiger partial charge in [0.1, 0.15) is 5.82 Å². The third-order valence-corrected chi connectivity index (χ3v) is 2.80. The van der Waals surface area contributed by atoms with E-state index in [1.165, 1.54) is 6.07 Å². The highest BCUT2D eigenvalue weighted by Gasteiger charge is 2.31. The lowest BCUT2D eigenvalue weighted by atomic mass is 10.1. The number of aromatic nitrogens is 1. The molecular weight excluding hydrogens is 279 g/mol. The molecule has 0 aliphatic rings. The summed E-state index contributed by atoms with van der Waals surface area (Å²) in [4.78, 5) is 4.16. The zero-order chi connectivity index (χ0) is 15.5. The number of hydrogen-bond donors (Lipinski definition) is 1. The van der Waals surface area contributed by atoms with Gasteiger partial charge in [-0.2, -0.15) is 18.4 Å². The summed E-state index contributed by atoms with van der Waals surface area (Å²) in [6.07, 6.45) is -4.45. The molecule has 6 heteroatoms. The van der Waals surface area contributed by atoms with Gasteiger partial charge in [0.2, 0.25) is 0 Å². The van der Waals surface area contributed by atoms with Crippen LogP contribution in [-0.4, -0.2) is 11.5 Å². The fraction of sp³-hybridized carbons (Fsp3) is 0.200. The van der Waals surface area contributed by atoms with Crippen molar-refractivity contribution in [2.75, 3.05) is 11.9 Å². The second-order valence-electron chi connectivity index (χ2n) is 4.35. The molecule has 2 rings (SSSR count). The number of alkyl halides is 3. The van der Waals surface area contributed by atoms with Crippen LogP contribution in [0.4, 0.5) is 19.0 Å². The van der Waals surface area contributed by atoms with Gasteiger partial charge in [-0.05, 0) is 31.2 Å². The van der Waals surface area contributed by atoms with Gasteiger partial charge in [0, 0.05) is 12.1 Å². The highest BCUT2D eigenvalue weighted by atomic mass is 19.4. The lowest BCUT2D eigenvalue weighted by Crippen LogP contribution is -2.08. The number of rotatable bonds is 3. The number of nitriles is 1. The van der Waals surface area contributed by atoms with Crippen LogP contribution < -0.4 is 5.32 Å². The summed E-state index contributed by atoms with van der Waals surface area (Å²) >= 11 is 0. The molecule has 0 saturated heterocycles. The van der Waals surface area contributed by atoms with Gasteiger partial charge in [-0.1, -0.05) is 12.1 Å². The smallest absolute Gasteiger partial charge is 0.370 e. The summed E-state index contributed by atoms with van der Waals surface area (Å²) in [6, 6.07) is 10.2. The molecule has 0 aliphatic carbocycles. The maximum Gasteiger partial charge on any atom is 0.416 e. The van der Waals surface area contributed by atoms with Crippen LogP contribution in [0.2, 0.25) is 0 Å². The number of nitrogens with zero attached hydrogens (tertiary/aromatic N) is 2. The van der Waals surface area contributed by atoms with E-state index in [4.69, 9.17) is 5.26 Å². The summed E-state index contributed by atoms with van der Waals surface area (Å²) < 4.78 is 38.8. The minimum absolute atomic E-state index is 0.157. The van der Waals surface area contributed by atoms with Crippen LogP contribution in [-0.2, 0) is 6.18 Å². The van der Waals surface area contributed by atoms with Crippen LogP contribution in [0.5, 0.6) is 0 Å². The minimum atomic E-state index is -4.45. The van der Waals surface area contributed by atoms with E-state index in [2.05, 4.69) is 10.3 Å². The van der Waals surface area contributed by atoms with Crippen LogP contribution in [0.3, 0.4) is 0 Å². The van der Waals surface area contributed by atoms with Gasteiger partial charge in [-0.15, -0.1) is 0 Å². The molecule has 0 bridgehead atoms. The largest absolute Gasteiger partial charge is 0.416 e. The highest BCUT2D eigenvalue weighted by Crippen LogP contribution is 2.33. The molecular formula is C15H12F3N3. The quantitative estimate of drug-likeness (QED) is 0.927. The Hall–Kier alpha value is -2.55. The summed E-state index contributed by atoms with van der Waals surface area (Å²) in [7, 11) is 0. The Kier molecular flexibility index (Phi) is 4.13. The molecule has 21 heavy (non-hydrogen) atoms. The zero-order valence-corrected chi connectivity index (χ0v) is 11.2. The molecule has 0 aliphatic heterocycles. The number of nitrogens with one attached hydrogen (secondary N) is 1. The fourth-order valence-electron chi connectivity index (χ4n) is 1.86. The topological polar surface area (TPSA) is 48.7 Å². The standard InChI is InChI=1S/C15H12F3N3/c1-2-20-14-8-12(15(16,17)18)7-13(21-14)11-5-3-4-10(6-11)9-19/h3-8H,2H2,1H3,(H,20,21). The molecule has 0 unspecified atom stereocenters. The van der Waals surface area contributed by atoms with E-state index < -0.39 is 11.7 Å². The lowest BCUT2D eigenvalue weighted by molar-refractivity contribution is -0.137.